The van der Waals surface area contributed by atoms with Crippen LogP contribution in [0, 0.1) is 0 Å². The van der Waals surface area contributed by atoms with E-state index in [0.717, 1.165) is 38.5 Å². The average Bonchev–Trinajstić information content (AvgIpc) is 3.44. The van der Waals surface area contributed by atoms with E-state index in [1.54, 1.807) is 6.08 Å². The second-order valence-electron chi connectivity index (χ2n) is 24.9. The van der Waals surface area contributed by atoms with Crippen LogP contribution < -0.4 is 5.32 Å². The minimum Gasteiger partial charge on any atom is -0.466 e. The Kier molecular flexibility index (Phi) is 66.9. The van der Waals surface area contributed by atoms with Gasteiger partial charge in [0.15, 0.2) is 0 Å². The highest BCUT2D eigenvalue weighted by molar-refractivity contribution is 5.76. The monoisotopic (exact) mass is 1100 g/mol. The van der Waals surface area contributed by atoms with Gasteiger partial charge in [-0.25, -0.2) is 0 Å². The molecule has 0 saturated heterocycles. The predicted molar refractivity (Wildman–Crippen MR) is 343 cm³/mol. The molecule has 0 aliphatic rings. The number of aliphatic hydroxyl groups is 2. The van der Waals surface area contributed by atoms with Crippen molar-refractivity contribution in [2.24, 2.45) is 0 Å². The summed E-state index contributed by atoms with van der Waals surface area (Å²) < 4.78 is 5.50. The third kappa shape index (κ3) is 63.8. The standard InChI is InChI=1S/C72H141NO5/c1-3-5-7-9-11-13-15-17-19-20-21-30-33-37-40-44-48-52-56-60-64-70(75)69(68-74)73-71(76)65-61-57-53-49-45-41-38-34-31-28-26-24-22-23-25-27-29-32-35-39-43-47-51-55-59-63-67-78-72(77)66-62-58-54-50-46-42-36-18-16-14-12-10-8-6-4-2/h60,64,69-70,74-75H,3-59,61-63,65-68H2,1-2H3,(H,73,76)/b64-60+. The minimum absolute atomic E-state index is 0.0209. The smallest absolute Gasteiger partial charge is 0.305 e. The molecule has 0 bridgehead atoms. The molecule has 1 amide bonds. The molecule has 78 heavy (non-hydrogen) atoms. The summed E-state index contributed by atoms with van der Waals surface area (Å²) in [6.07, 6.45) is 84.4. The minimum atomic E-state index is -0.843. The second kappa shape index (κ2) is 68.1. The molecule has 464 valence electrons. The largest absolute Gasteiger partial charge is 0.466 e. The first kappa shape index (κ1) is 76.6. The number of carbonyl (C=O) groups excluding carboxylic acids is 2. The van der Waals surface area contributed by atoms with Crippen LogP contribution in [0.15, 0.2) is 12.2 Å². The number of esters is 1. The Hall–Kier alpha value is -1.40. The van der Waals surface area contributed by atoms with E-state index < -0.39 is 12.1 Å². The van der Waals surface area contributed by atoms with Gasteiger partial charge in [-0.15, -0.1) is 0 Å². The van der Waals surface area contributed by atoms with E-state index in [1.165, 1.54) is 347 Å². The molecule has 0 fully saturated rings. The molecule has 0 saturated carbocycles. The van der Waals surface area contributed by atoms with Gasteiger partial charge >= 0.3 is 5.97 Å². The van der Waals surface area contributed by atoms with Gasteiger partial charge in [0.1, 0.15) is 0 Å². The third-order valence-corrected chi connectivity index (χ3v) is 17.1. The van der Waals surface area contributed by atoms with Crippen LogP contribution in [0.1, 0.15) is 412 Å². The summed E-state index contributed by atoms with van der Waals surface area (Å²) in [6, 6.07) is -0.626. The highest BCUT2D eigenvalue weighted by atomic mass is 16.5. The Morgan fingerprint density at radius 1 is 0.346 bits per heavy atom. The average molecular weight is 1100 g/mol. The fourth-order valence-corrected chi connectivity index (χ4v) is 11.6. The van der Waals surface area contributed by atoms with E-state index in [1.807, 2.05) is 6.08 Å². The van der Waals surface area contributed by atoms with E-state index in [0.29, 0.717) is 19.4 Å². The van der Waals surface area contributed by atoms with Gasteiger partial charge in [-0.05, 0) is 32.1 Å². The first-order valence-corrected chi connectivity index (χ1v) is 36.0. The summed E-state index contributed by atoms with van der Waals surface area (Å²) in [5, 5.41) is 23.2. The van der Waals surface area contributed by atoms with E-state index in [9.17, 15) is 19.8 Å². The number of nitrogens with one attached hydrogen (secondary N) is 1. The van der Waals surface area contributed by atoms with E-state index in [2.05, 4.69) is 19.2 Å². The molecule has 2 unspecified atom stereocenters. The highest BCUT2D eigenvalue weighted by Crippen LogP contribution is 2.19. The molecule has 0 aromatic rings. The van der Waals surface area contributed by atoms with Crippen molar-refractivity contribution in [1.29, 1.82) is 0 Å². The Labute approximate surface area is 489 Å². The Morgan fingerprint density at radius 3 is 0.872 bits per heavy atom. The lowest BCUT2D eigenvalue weighted by atomic mass is 10.0. The Bertz CT molecular complexity index is 1180. The molecular formula is C72H141NO5. The number of amides is 1. The SMILES string of the molecule is CCCCCCCCCCCCCCCCCCCC/C=C/C(O)C(CO)NC(=O)CCCCCCCCCCCCCCCCCCCCCCCCCCCCOC(=O)CCCCCCCCCCCCCCCCC. The van der Waals surface area contributed by atoms with Crippen LogP contribution in [-0.2, 0) is 14.3 Å². The van der Waals surface area contributed by atoms with E-state index >= 15 is 0 Å². The van der Waals surface area contributed by atoms with Crippen LogP contribution in [-0.4, -0.2) is 47.4 Å². The fourth-order valence-electron chi connectivity index (χ4n) is 11.6. The van der Waals surface area contributed by atoms with Gasteiger partial charge in [-0.1, -0.05) is 379 Å². The van der Waals surface area contributed by atoms with Gasteiger partial charge in [0.2, 0.25) is 5.91 Å². The summed E-state index contributed by atoms with van der Waals surface area (Å²) in [7, 11) is 0. The lowest BCUT2D eigenvalue weighted by Gasteiger charge is -2.20. The van der Waals surface area contributed by atoms with Crippen LogP contribution in [0.3, 0.4) is 0 Å². The van der Waals surface area contributed by atoms with Crippen molar-refractivity contribution in [3.63, 3.8) is 0 Å². The zero-order chi connectivity index (χ0) is 56.4. The molecule has 2 atom stereocenters. The third-order valence-electron chi connectivity index (χ3n) is 17.1. The highest BCUT2D eigenvalue weighted by Gasteiger charge is 2.18. The molecule has 6 heteroatoms. The first-order valence-electron chi connectivity index (χ1n) is 36.0. The molecule has 0 heterocycles. The van der Waals surface area contributed by atoms with Crippen molar-refractivity contribution in [1.82, 2.24) is 5.32 Å². The van der Waals surface area contributed by atoms with Crippen molar-refractivity contribution in [2.45, 2.75) is 424 Å². The van der Waals surface area contributed by atoms with E-state index in [-0.39, 0.29) is 18.5 Å². The van der Waals surface area contributed by atoms with Gasteiger partial charge < -0.3 is 20.3 Å². The lowest BCUT2D eigenvalue weighted by molar-refractivity contribution is -0.143. The number of hydrogen-bond acceptors (Lipinski definition) is 5. The summed E-state index contributed by atoms with van der Waals surface area (Å²) in [5.74, 6) is -0.0403. The van der Waals surface area contributed by atoms with Crippen LogP contribution >= 0.6 is 0 Å². The first-order chi connectivity index (χ1) is 38.5. The Balaban J connectivity index is 3.37. The number of rotatable bonds is 68. The van der Waals surface area contributed by atoms with E-state index in [4.69, 9.17) is 4.74 Å². The molecule has 0 spiro atoms. The molecule has 0 aliphatic heterocycles. The van der Waals surface area contributed by atoms with Gasteiger partial charge in [-0.2, -0.15) is 0 Å². The zero-order valence-corrected chi connectivity index (χ0v) is 53.2. The second-order valence-corrected chi connectivity index (χ2v) is 24.9. The molecule has 0 aliphatic carbocycles. The molecule has 0 radical (unpaired) electrons. The van der Waals surface area contributed by atoms with Crippen molar-refractivity contribution in [3.05, 3.63) is 12.2 Å². The van der Waals surface area contributed by atoms with Gasteiger partial charge in [-0.3, -0.25) is 9.59 Å². The van der Waals surface area contributed by atoms with Crippen LogP contribution in [0.4, 0.5) is 0 Å². The van der Waals surface area contributed by atoms with Crippen molar-refractivity contribution in [3.8, 4) is 0 Å². The topological polar surface area (TPSA) is 95.9 Å². The van der Waals surface area contributed by atoms with Crippen molar-refractivity contribution in [2.75, 3.05) is 13.2 Å². The Morgan fingerprint density at radius 2 is 0.590 bits per heavy atom. The maximum Gasteiger partial charge on any atom is 0.305 e. The lowest BCUT2D eigenvalue weighted by Crippen LogP contribution is -2.45. The van der Waals surface area contributed by atoms with Crippen LogP contribution in [0.2, 0.25) is 0 Å². The van der Waals surface area contributed by atoms with Crippen LogP contribution in [0.5, 0.6) is 0 Å². The maximum absolute atomic E-state index is 12.5. The van der Waals surface area contributed by atoms with Gasteiger partial charge in [0, 0.05) is 12.8 Å². The zero-order valence-electron chi connectivity index (χ0n) is 53.2. The number of unbranched alkanes of at least 4 members (excludes halogenated alkanes) is 57. The predicted octanol–water partition coefficient (Wildman–Crippen LogP) is 23.1. The van der Waals surface area contributed by atoms with Crippen LogP contribution in [0.25, 0.3) is 0 Å². The fraction of sp³-hybridized carbons (Fsp3) is 0.944. The molecule has 3 N–H and O–H groups in total. The number of aliphatic hydroxyl groups excluding tert-OH is 2. The van der Waals surface area contributed by atoms with Crippen molar-refractivity contribution < 1.29 is 24.5 Å². The summed E-state index contributed by atoms with van der Waals surface area (Å²) in [6.45, 7) is 4.95. The number of allylic oxidation sites excluding steroid dienone is 1. The number of carbonyl (C=O) groups is 2. The quantitative estimate of drug-likeness (QED) is 0.0320. The summed E-state index contributed by atoms with van der Waals surface area (Å²) in [4.78, 5) is 24.6. The summed E-state index contributed by atoms with van der Waals surface area (Å²) in [5.41, 5.74) is 0. The molecule has 0 aromatic carbocycles. The number of hydrogen-bond donors (Lipinski definition) is 3. The number of ether oxygens (including phenoxy) is 1. The normalized spacial score (nSPS) is 12.5. The van der Waals surface area contributed by atoms with Gasteiger partial charge in [0.05, 0.1) is 25.4 Å². The van der Waals surface area contributed by atoms with Crippen molar-refractivity contribution >= 4 is 11.9 Å². The molecule has 6 nitrogen and oxygen atoms in total. The molecular weight excluding hydrogens is 959 g/mol. The molecule has 0 rings (SSSR count). The maximum atomic E-state index is 12.5. The molecule has 0 aromatic heterocycles. The van der Waals surface area contributed by atoms with Gasteiger partial charge in [0.25, 0.3) is 0 Å². The summed E-state index contributed by atoms with van der Waals surface area (Å²) >= 11 is 0.